The third-order valence-corrected chi connectivity index (χ3v) is 2.04. The lowest BCUT2D eigenvalue weighted by Crippen LogP contribution is -2.50. The zero-order chi connectivity index (χ0) is 13.5. The van der Waals surface area contributed by atoms with Gasteiger partial charge in [0, 0.05) is 5.56 Å². The lowest BCUT2D eigenvalue weighted by atomic mass is 10.00. The first-order valence-electron chi connectivity index (χ1n) is 4.25. The molecule has 1 aromatic rings. The van der Waals surface area contributed by atoms with Crippen molar-refractivity contribution in [3.05, 3.63) is 42.3 Å². The second-order valence-corrected chi connectivity index (χ2v) is 3.35. The van der Waals surface area contributed by atoms with Gasteiger partial charge in [-0.25, -0.2) is 0 Å². The number of hydrogen-bond acceptors (Lipinski definition) is 0. The molecule has 1 radical (unpaired) electrons. The molecule has 0 unspecified atom stereocenters. The summed E-state index contributed by atoms with van der Waals surface area (Å²) in [6.45, 7) is 3.18. The molecule has 0 aliphatic carbocycles. The molecule has 0 amide bonds. The molecule has 0 fully saturated rings. The van der Waals surface area contributed by atoms with E-state index >= 15 is 0 Å². The fourth-order valence-corrected chi connectivity index (χ4v) is 1.13. The molecule has 1 aromatic carbocycles. The summed E-state index contributed by atoms with van der Waals surface area (Å²) in [4.78, 5) is 0. The van der Waals surface area contributed by atoms with Crippen LogP contribution in [0.15, 0.2) is 24.3 Å². The van der Waals surface area contributed by atoms with Gasteiger partial charge in [0.2, 0.25) is 0 Å². The smallest absolute Gasteiger partial charge is 0.194 e. The maximum absolute atomic E-state index is 13.1. The van der Waals surface area contributed by atoms with Gasteiger partial charge >= 0.3 is 18.0 Å². The number of halogens is 7. The number of benzene rings is 1. The molecule has 0 saturated heterocycles. The molecule has 0 aliphatic rings. The van der Waals surface area contributed by atoms with Crippen LogP contribution >= 0.6 is 0 Å². The Kier molecular flexibility index (Phi) is 3.15. The van der Waals surface area contributed by atoms with Crippen molar-refractivity contribution in [3.63, 3.8) is 0 Å². The number of rotatable bonds is 2. The highest BCUT2D eigenvalue weighted by molar-refractivity contribution is 5.30. The summed E-state index contributed by atoms with van der Waals surface area (Å²) < 4.78 is 87.1. The lowest BCUT2D eigenvalue weighted by Gasteiger charge is -2.28. The van der Waals surface area contributed by atoms with E-state index in [1.165, 1.54) is 6.07 Å². The monoisotopic (exact) mass is 259 g/mol. The first-order chi connectivity index (χ1) is 7.50. The zero-order valence-electron chi connectivity index (χ0n) is 8.16. The summed E-state index contributed by atoms with van der Waals surface area (Å²) in [6.07, 6.45) is -6.33. The van der Waals surface area contributed by atoms with E-state index in [2.05, 4.69) is 6.92 Å². The van der Waals surface area contributed by atoms with Gasteiger partial charge in [0.05, 0.1) is 0 Å². The summed E-state index contributed by atoms with van der Waals surface area (Å²) in [7, 11) is 0. The Morgan fingerprint density at radius 1 is 0.882 bits per heavy atom. The summed E-state index contributed by atoms with van der Waals surface area (Å²) in [5.74, 6) is -11.5. The van der Waals surface area contributed by atoms with Crippen LogP contribution < -0.4 is 0 Å². The van der Waals surface area contributed by atoms with Crippen LogP contribution in [0.5, 0.6) is 0 Å². The van der Waals surface area contributed by atoms with E-state index in [-0.39, 0.29) is 5.56 Å². The molecule has 0 heterocycles. The van der Waals surface area contributed by atoms with Crippen LogP contribution in [0.1, 0.15) is 11.1 Å². The Hall–Kier alpha value is -1.27. The van der Waals surface area contributed by atoms with E-state index in [9.17, 15) is 30.7 Å². The minimum atomic E-state index is -6.33. The maximum Gasteiger partial charge on any atom is 0.460 e. The molecule has 0 aliphatic heterocycles. The first kappa shape index (κ1) is 13.8. The van der Waals surface area contributed by atoms with Gasteiger partial charge in [-0.3, -0.25) is 0 Å². The van der Waals surface area contributed by atoms with Crippen molar-refractivity contribution in [3.8, 4) is 0 Å². The highest BCUT2D eigenvalue weighted by Gasteiger charge is 2.73. The topological polar surface area (TPSA) is 0 Å². The van der Waals surface area contributed by atoms with E-state index in [1.54, 1.807) is 0 Å². The van der Waals surface area contributed by atoms with Crippen LogP contribution in [0.25, 0.3) is 0 Å². The third kappa shape index (κ3) is 2.23. The molecule has 0 atom stereocenters. The van der Waals surface area contributed by atoms with Crippen molar-refractivity contribution in [2.75, 3.05) is 0 Å². The van der Waals surface area contributed by atoms with Gasteiger partial charge in [-0.15, -0.1) is 0 Å². The summed E-state index contributed by atoms with van der Waals surface area (Å²) in [5, 5.41) is 0. The van der Waals surface area contributed by atoms with Crippen molar-refractivity contribution in [2.45, 2.75) is 18.0 Å². The lowest BCUT2D eigenvalue weighted by molar-refractivity contribution is -0.359. The Labute approximate surface area is 92.0 Å². The van der Waals surface area contributed by atoms with Gasteiger partial charge in [0.15, 0.2) is 0 Å². The molecule has 0 spiro atoms. The van der Waals surface area contributed by atoms with Gasteiger partial charge < -0.3 is 0 Å². The van der Waals surface area contributed by atoms with Crippen LogP contribution in [0, 0.1) is 6.92 Å². The minimum Gasteiger partial charge on any atom is -0.194 e. The predicted octanol–water partition coefficient (Wildman–Crippen LogP) is 4.16. The average molecular weight is 259 g/mol. The van der Waals surface area contributed by atoms with Gasteiger partial charge in [0.1, 0.15) is 0 Å². The van der Waals surface area contributed by atoms with Crippen LogP contribution in [-0.4, -0.2) is 12.1 Å². The molecule has 0 nitrogen and oxygen atoms in total. The average Bonchev–Trinajstić information content (AvgIpc) is 2.15. The summed E-state index contributed by atoms with van der Waals surface area (Å²) in [6, 6.07) is 3.11. The van der Waals surface area contributed by atoms with Crippen molar-refractivity contribution in [2.24, 2.45) is 0 Å². The molecule has 0 saturated carbocycles. The van der Waals surface area contributed by atoms with Gasteiger partial charge in [-0.2, -0.15) is 30.7 Å². The molecule has 1 rings (SSSR count). The quantitative estimate of drug-likeness (QED) is 0.699. The predicted molar refractivity (Wildman–Crippen MR) is 45.8 cm³/mol. The number of alkyl halides is 7. The van der Waals surface area contributed by atoms with E-state index in [4.69, 9.17) is 0 Å². The van der Waals surface area contributed by atoms with E-state index in [0.717, 1.165) is 6.07 Å². The first-order valence-corrected chi connectivity index (χ1v) is 4.25. The number of hydrogen-bond donors (Lipinski definition) is 0. The SMILES string of the molecule is [CH2]c1cccc(C(F)(F)C(F)(F)C(F)(F)F)c1. The molecule has 95 valence electrons. The third-order valence-electron chi connectivity index (χ3n) is 2.04. The normalized spacial score (nSPS) is 13.9. The maximum atomic E-state index is 13.1. The summed E-state index contributed by atoms with van der Waals surface area (Å²) in [5.41, 5.74) is -1.51. The Morgan fingerprint density at radius 2 is 1.41 bits per heavy atom. The summed E-state index contributed by atoms with van der Waals surface area (Å²) >= 11 is 0. The molecule has 17 heavy (non-hydrogen) atoms. The van der Waals surface area contributed by atoms with Crippen molar-refractivity contribution in [1.82, 2.24) is 0 Å². The largest absolute Gasteiger partial charge is 0.460 e. The van der Waals surface area contributed by atoms with E-state index < -0.39 is 23.6 Å². The van der Waals surface area contributed by atoms with E-state index in [0.29, 0.717) is 12.1 Å². The molecular formula is C10H6F7. The Bertz CT molecular complexity index is 405. The van der Waals surface area contributed by atoms with Gasteiger partial charge in [-0.05, 0) is 18.6 Å². The highest BCUT2D eigenvalue weighted by Crippen LogP contribution is 2.51. The van der Waals surface area contributed by atoms with Crippen molar-refractivity contribution < 1.29 is 30.7 Å². The zero-order valence-corrected chi connectivity index (χ0v) is 8.16. The van der Waals surface area contributed by atoms with Gasteiger partial charge in [-0.1, -0.05) is 18.2 Å². The van der Waals surface area contributed by atoms with Crippen LogP contribution in [0.4, 0.5) is 30.7 Å². The van der Waals surface area contributed by atoms with Crippen molar-refractivity contribution in [1.29, 1.82) is 0 Å². The second-order valence-electron chi connectivity index (χ2n) is 3.35. The van der Waals surface area contributed by atoms with Crippen LogP contribution in [0.3, 0.4) is 0 Å². The Balaban J connectivity index is 3.28. The van der Waals surface area contributed by atoms with Crippen LogP contribution in [0.2, 0.25) is 0 Å². The molecule has 0 aromatic heterocycles. The fraction of sp³-hybridized carbons (Fsp3) is 0.300. The highest BCUT2D eigenvalue weighted by atomic mass is 19.4. The Morgan fingerprint density at radius 3 is 1.82 bits per heavy atom. The molecular weight excluding hydrogens is 253 g/mol. The standard InChI is InChI=1S/C10H6F7/c1-6-3-2-4-7(5-6)8(11,12)9(13,14)10(15,16)17/h2-5H,1H2. The van der Waals surface area contributed by atoms with Crippen LogP contribution in [-0.2, 0) is 5.92 Å². The fourth-order valence-electron chi connectivity index (χ4n) is 1.13. The molecule has 0 bridgehead atoms. The second kappa shape index (κ2) is 3.89. The van der Waals surface area contributed by atoms with E-state index in [1.807, 2.05) is 0 Å². The van der Waals surface area contributed by atoms with Gasteiger partial charge in [0.25, 0.3) is 0 Å². The minimum absolute atomic E-state index is 0.0832. The van der Waals surface area contributed by atoms with Crippen molar-refractivity contribution >= 4 is 0 Å². The molecule has 7 heteroatoms. The molecule has 0 N–H and O–H groups in total.